The Morgan fingerprint density at radius 1 is 0.444 bits per heavy atom. The summed E-state index contributed by atoms with van der Waals surface area (Å²) in [6.07, 6.45) is 11.7. The summed E-state index contributed by atoms with van der Waals surface area (Å²) < 4.78 is 0. The predicted molar refractivity (Wildman–Crippen MR) is 124 cm³/mol. The van der Waals surface area contributed by atoms with Crippen LogP contribution in [0.4, 0.5) is 0 Å². The van der Waals surface area contributed by atoms with E-state index in [0.29, 0.717) is 16.2 Å². The van der Waals surface area contributed by atoms with Gasteiger partial charge >= 0.3 is 0 Å². The summed E-state index contributed by atoms with van der Waals surface area (Å²) in [7, 11) is 0. The van der Waals surface area contributed by atoms with Crippen LogP contribution in [-0.2, 0) is 0 Å². The van der Waals surface area contributed by atoms with Crippen molar-refractivity contribution in [3.05, 3.63) is 0 Å². The van der Waals surface area contributed by atoms with E-state index < -0.39 is 0 Å². The number of rotatable bonds is 1. The number of hydrogen-bond acceptors (Lipinski definition) is 0. The molecule has 0 N–H and O–H groups in total. The minimum atomic E-state index is 0.531. The minimum Gasteiger partial charge on any atom is -0.0625 e. The molecule has 2 aliphatic carbocycles. The van der Waals surface area contributed by atoms with Crippen LogP contribution < -0.4 is 0 Å². The molecule has 0 aromatic carbocycles. The van der Waals surface area contributed by atoms with Crippen molar-refractivity contribution in [1.82, 2.24) is 0 Å². The summed E-state index contributed by atoms with van der Waals surface area (Å²) >= 11 is 0. The molecule has 0 spiro atoms. The van der Waals surface area contributed by atoms with Crippen LogP contribution in [0, 0.1) is 45.8 Å². The van der Waals surface area contributed by atoms with Crippen LogP contribution in [0.15, 0.2) is 0 Å². The van der Waals surface area contributed by atoms with Gasteiger partial charge in [-0.2, -0.15) is 0 Å². The zero-order valence-electron chi connectivity index (χ0n) is 21.0. The molecule has 0 saturated heterocycles. The Morgan fingerprint density at radius 2 is 0.667 bits per heavy atom. The smallest absolute Gasteiger partial charge is 0.0354 e. The van der Waals surface area contributed by atoms with Gasteiger partial charge in [-0.05, 0) is 97.2 Å². The molecule has 0 nitrogen and oxygen atoms in total. The predicted octanol–water partition coefficient (Wildman–Crippen LogP) is 9.38. The van der Waals surface area contributed by atoms with Gasteiger partial charge in [0.05, 0.1) is 0 Å². The van der Waals surface area contributed by atoms with Crippen LogP contribution in [0.25, 0.3) is 0 Å². The summed E-state index contributed by atoms with van der Waals surface area (Å²) in [6.45, 7) is 26.3. The SMILES string of the molecule is CC(C)(C)C1CCC(C(C)(C)C)CC1.CC(C)C1CCC(C(C)(C)C)CC1. The molecule has 0 radical (unpaired) electrons. The fourth-order valence-electron chi connectivity index (χ4n) is 5.48. The van der Waals surface area contributed by atoms with Gasteiger partial charge in [0.15, 0.2) is 0 Å². The third-order valence-electron chi connectivity index (χ3n) is 8.12. The van der Waals surface area contributed by atoms with E-state index in [4.69, 9.17) is 0 Å². The van der Waals surface area contributed by atoms with Crippen molar-refractivity contribution in [2.75, 3.05) is 0 Å². The first-order valence-electron chi connectivity index (χ1n) is 12.1. The highest BCUT2D eigenvalue weighted by atomic mass is 14.4. The Kier molecular flexibility index (Phi) is 8.96. The maximum absolute atomic E-state index is 2.40. The third-order valence-corrected chi connectivity index (χ3v) is 8.12. The molecule has 0 aromatic heterocycles. The Labute approximate surface area is 173 Å². The van der Waals surface area contributed by atoms with Crippen molar-refractivity contribution in [1.29, 1.82) is 0 Å². The lowest BCUT2D eigenvalue weighted by Crippen LogP contribution is -2.30. The van der Waals surface area contributed by atoms with Gasteiger partial charge in [-0.15, -0.1) is 0 Å². The summed E-state index contributed by atoms with van der Waals surface area (Å²) in [5.41, 5.74) is 1.60. The van der Waals surface area contributed by atoms with Gasteiger partial charge in [0.2, 0.25) is 0 Å². The molecule has 27 heavy (non-hydrogen) atoms. The molecule has 2 aliphatic rings. The van der Waals surface area contributed by atoms with E-state index >= 15 is 0 Å². The lowest BCUT2D eigenvalue weighted by molar-refractivity contribution is 0.0970. The molecule has 0 heterocycles. The van der Waals surface area contributed by atoms with E-state index in [0.717, 1.165) is 29.6 Å². The molecule has 0 aliphatic heterocycles. The van der Waals surface area contributed by atoms with E-state index in [2.05, 4.69) is 76.2 Å². The van der Waals surface area contributed by atoms with Crippen LogP contribution in [-0.4, -0.2) is 0 Å². The van der Waals surface area contributed by atoms with Crippen LogP contribution in [0.1, 0.15) is 128 Å². The number of hydrogen-bond donors (Lipinski definition) is 0. The van der Waals surface area contributed by atoms with Crippen LogP contribution in [0.3, 0.4) is 0 Å². The lowest BCUT2D eigenvalue weighted by Gasteiger charge is -2.41. The molecular weight excluding hydrogens is 324 g/mol. The molecule has 2 fully saturated rings. The molecular formula is C27H54. The average Bonchev–Trinajstić information content (AvgIpc) is 2.53. The quantitative estimate of drug-likeness (QED) is 0.426. The van der Waals surface area contributed by atoms with Gasteiger partial charge in [-0.1, -0.05) is 76.2 Å². The first-order valence-corrected chi connectivity index (χ1v) is 12.1. The van der Waals surface area contributed by atoms with Gasteiger partial charge in [0, 0.05) is 0 Å². The molecule has 0 amide bonds. The summed E-state index contributed by atoms with van der Waals surface area (Å²) in [5.74, 6) is 4.81. The van der Waals surface area contributed by atoms with E-state index in [9.17, 15) is 0 Å². The highest BCUT2D eigenvalue weighted by molar-refractivity contribution is 4.85. The molecule has 0 atom stereocenters. The van der Waals surface area contributed by atoms with Gasteiger partial charge in [0.25, 0.3) is 0 Å². The van der Waals surface area contributed by atoms with Crippen LogP contribution in [0.5, 0.6) is 0 Å². The fourth-order valence-corrected chi connectivity index (χ4v) is 5.48. The minimum absolute atomic E-state index is 0.531. The van der Waals surface area contributed by atoms with Gasteiger partial charge < -0.3 is 0 Å². The average molecular weight is 379 g/mol. The first-order chi connectivity index (χ1) is 12.1. The summed E-state index contributed by atoms with van der Waals surface area (Å²) in [4.78, 5) is 0. The normalized spacial score (nSPS) is 30.7. The molecule has 0 aromatic rings. The Bertz CT molecular complexity index is 371. The van der Waals surface area contributed by atoms with Crippen LogP contribution in [0.2, 0.25) is 0 Å². The van der Waals surface area contributed by atoms with Crippen molar-refractivity contribution >= 4 is 0 Å². The van der Waals surface area contributed by atoms with Gasteiger partial charge in [-0.3, -0.25) is 0 Å². The van der Waals surface area contributed by atoms with E-state index in [-0.39, 0.29) is 0 Å². The van der Waals surface area contributed by atoms with E-state index in [1.54, 1.807) is 0 Å². The first kappa shape index (κ1) is 25.0. The maximum atomic E-state index is 2.40. The highest BCUT2D eigenvalue weighted by Crippen LogP contribution is 2.45. The second-order valence-electron chi connectivity index (χ2n) is 13.5. The standard InChI is InChI=1S/C14H28.C13H26/c1-13(2,3)11-7-9-12(10-8-11)14(4,5)6;1-10(2)11-6-8-12(9-7-11)13(3,4)5/h11-12H,7-10H2,1-6H3;10-12H,6-9H2,1-5H3. The summed E-state index contributed by atoms with van der Waals surface area (Å²) in [6, 6.07) is 0. The van der Waals surface area contributed by atoms with E-state index in [1.165, 1.54) is 51.4 Å². The van der Waals surface area contributed by atoms with Crippen molar-refractivity contribution < 1.29 is 0 Å². The maximum Gasteiger partial charge on any atom is -0.0354 e. The lowest BCUT2D eigenvalue weighted by atomic mass is 9.64. The molecule has 0 heteroatoms. The van der Waals surface area contributed by atoms with Gasteiger partial charge in [0.1, 0.15) is 0 Å². The Hall–Kier alpha value is 0. The zero-order chi connectivity index (χ0) is 21.0. The zero-order valence-corrected chi connectivity index (χ0v) is 21.0. The molecule has 2 saturated carbocycles. The largest absolute Gasteiger partial charge is 0.0625 e. The second-order valence-corrected chi connectivity index (χ2v) is 13.5. The van der Waals surface area contributed by atoms with Crippen molar-refractivity contribution in [3.63, 3.8) is 0 Å². The van der Waals surface area contributed by atoms with Gasteiger partial charge in [-0.25, -0.2) is 0 Å². The third kappa shape index (κ3) is 8.49. The van der Waals surface area contributed by atoms with Crippen molar-refractivity contribution in [2.24, 2.45) is 45.8 Å². The monoisotopic (exact) mass is 378 g/mol. The molecule has 162 valence electrons. The Morgan fingerprint density at radius 3 is 0.852 bits per heavy atom. The van der Waals surface area contributed by atoms with Crippen molar-refractivity contribution in [2.45, 2.75) is 128 Å². The molecule has 2 rings (SSSR count). The second kappa shape index (κ2) is 9.67. The Balaban J connectivity index is 0.000000271. The molecule has 0 bridgehead atoms. The fraction of sp³-hybridized carbons (Fsp3) is 1.00. The highest BCUT2D eigenvalue weighted by Gasteiger charge is 2.34. The van der Waals surface area contributed by atoms with Crippen molar-refractivity contribution in [3.8, 4) is 0 Å². The topological polar surface area (TPSA) is 0 Å². The summed E-state index contributed by atoms with van der Waals surface area (Å²) in [5, 5.41) is 0. The molecule has 0 unspecified atom stereocenters. The van der Waals surface area contributed by atoms with E-state index in [1.807, 2.05) is 0 Å². The van der Waals surface area contributed by atoms with Crippen LogP contribution >= 0.6 is 0 Å².